The van der Waals surface area contributed by atoms with Gasteiger partial charge in [0.2, 0.25) is 5.91 Å². The van der Waals surface area contributed by atoms with Gasteiger partial charge in [-0.1, -0.05) is 20.8 Å². The summed E-state index contributed by atoms with van der Waals surface area (Å²) in [6.07, 6.45) is 2.17. The number of carbonyl (C=O) groups is 1. The molecule has 17 heavy (non-hydrogen) atoms. The number of carbonyl (C=O) groups excluding carboxylic acids is 1. The van der Waals surface area contributed by atoms with Crippen molar-refractivity contribution >= 4 is 5.91 Å². The summed E-state index contributed by atoms with van der Waals surface area (Å²) in [4.78, 5) is 13.5. The van der Waals surface area contributed by atoms with E-state index in [-0.39, 0.29) is 18.1 Å². The average Bonchev–Trinajstić information content (AvgIpc) is 2.10. The van der Waals surface area contributed by atoms with E-state index in [9.17, 15) is 4.79 Å². The maximum atomic E-state index is 11.7. The summed E-state index contributed by atoms with van der Waals surface area (Å²) in [6.45, 7) is 13.5. The highest BCUT2D eigenvalue weighted by Crippen LogP contribution is 2.20. The maximum Gasteiger partial charge on any atom is 0.248 e. The Kier molecular flexibility index (Phi) is 6.17. The van der Waals surface area contributed by atoms with Crippen molar-refractivity contribution in [2.24, 2.45) is 5.41 Å². The molecule has 0 heterocycles. The molecule has 0 aromatic rings. The Hall–Kier alpha value is -0.570. The van der Waals surface area contributed by atoms with Crippen LogP contribution in [0.5, 0.6) is 0 Å². The summed E-state index contributed by atoms with van der Waals surface area (Å²) >= 11 is 0. The average molecular weight is 243 g/mol. The molecule has 0 aliphatic rings. The number of nitrogens with zero attached hydrogens (tertiary/aromatic N) is 1. The van der Waals surface area contributed by atoms with Crippen molar-refractivity contribution in [1.29, 1.82) is 0 Å². The molecule has 102 valence electrons. The molecule has 0 saturated carbocycles. The molecule has 0 aromatic heterocycles. The molecular formula is C14H29NO2. The van der Waals surface area contributed by atoms with Gasteiger partial charge in [0.1, 0.15) is 6.61 Å². The van der Waals surface area contributed by atoms with E-state index in [2.05, 4.69) is 20.8 Å². The second kappa shape index (κ2) is 6.39. The van der Waals surface area contributed by atoms with Gasteiger partial charge < -0.3 is 9.64 Å². The Balaban J connectivity index is 3.83. The molecule has 0 spiro atoms. The molecule has 0 unspecified atom stereocenters. The smallest absolute Gasteiger partial charge is 0.248 e. The van der Waals surface area contributed by atoms with Gasteiger partial charge in [0.05, 0.1) is 5.60 Å². The Labute approximate surface area is 107 Å². The Morgan fingerprint density at radius 3 is 2.06 bits per heavy atom. The Bertz CT molecular complexity index is 236. The lowest BCUT2D eigenvalue weighted by molar-refractivity contribution is -0.139. The Morgan fingerprint density at radius 1 is 1.12 bits per heavy atom. The van der Waals surface area contributed by atoms with Crippen LogP contribution in [0.4, 0.5) is 0 Å². The predicted molar refractivity (Wildman–Crippen MR) is 72.0 cm³/mol. The van der Waals surface area contributed by atoms with Crippen LogP contribution in [0.2, 0.25) is 0 Å². The van der Waals surface area contributed by atoms with Crippen LogP contribution in [0, 0.1) is 5.41 Å². The van der Waals surface area contributed by atoms with Crippen molar-refractivity contribution in [3.63, 3.8) is 0 Å². The number of amides is 1. The molecule has 1 amide bonds. The van der Waals surface area contributed by atoms with E-state index in [0.717, 1.165) is 19.4 Å². The zero-order valence-electron chi connectivity index (χ0n) is 12.6. The van der Waals surface area contributed by atoms with Gasteiger partial charge >= 0.3 is 0 Å². The molecule has 0 fully saturated rings. The monoisotopic (exact) mass is 243 g/mol. The van der Waals surface area contributed by atoms with Gasteiger partial charge in [0, 0.05) is 13.6 Å². The summed E-state index contributed by atoms with van der Waals surface area (Å²) in [5.41, 5.74) is 0.0910. The second-order valence-corrected chi connectivity index (χ2v) is 6.88. The minimum Gasteiger partial charge on any atom is -0.366 e. The van der Waals surface area contributed by atoms with Crippen LogP contribution < -0.4 is 0 Å². The number of rotatable bonds is 5. The largest absolute Gasteiger partial charge is 0.366 e. The van der Waals surface area contributed by atoms with Crippen LogP contribution in [0.1, 0.15) is 54.4 Å². The first kappa shape index (κ1) is 16.4. The van der Waals surface area contributed by atoms with Crippen molar-refractivity contribution in [1.82, 2.24) is 4.90 Å². The number of hydrogen-bond acceptors (Lipinski definition) is 2. The number of hydrogen-bond donors (Lipinski definition) is 0. The van der Waals surface area contributed by atoms with Crippen molar-refractivity contribution in [3.8, 4) is 0 Å². The van der Waals surface area contributed by atoms with E-state index < -0.39 is 0 Å². The quantitative estimate of drug-likeness (QED) is 0.742. The number of likely N-dealkylation sites (N-methyl/N-ethyl adjacent to an activating group) is 1. The molecule has 0 saturated heterocycles. The van der Waals surface area contributed by atoms with Crippen molar-refractivity contribution < 1.29 is 9.53 Å². The van der Waals surface area contributed by atoms with Crippen molar-refractivity contribution in [2.45, 2.75) is 60.0 Å². The van der Waals surface area contributed by atoms with E-state index in [1.54, 1.807) is 4.90 Å². The van der Waals surface area contributed by atoms with E-state index >= 15 is 0 Å². The van der Waals surface area contributed by atoms with E-state index in [4.69, 9.17) is 4.74 Å². The molecule has 0 N–H and O–H groups in total. The molecule has 0 atom stereocenters. The molecule has 0 bridgehead atoms. The highest BCUT2D eigenvalue weighted by atomic mass is 16.5. The fourth-order valence-corrected chi connectivity index (χ4v) is 1.36. The lowest BCUT2D eigenvalue weighted by Gasteiger charge is -2.24. The molecule has 0 aliphatic carbocycles. The summed E-state index contributed by atoms with van der Waals surface area (Å²) < 4.78 is 5.47. The van der Waals surface area contributed by atoms with Crippen LogP contribution in [0.3, 0.4) is 0 Å². The lowest BCUT2D eigenvalue weighted by Crippen LogP contribution is -2.34. The first-order valence-electron chi connectivity index (χ1n) is 6.39. The van der Waals surface area contributed by atoms with Gasteiger partial charge in [-0.05, 0) is 39.0 Å². The SMILES string of the molecule is CN(CCCC(C)(C)C)C(=O)COC(C)(C)C. The van der Waals surface area contributed by atoms with Gasteiger partial charge in [-0.3, -0.25) is 4.79 Å². The third kappa shape index (κ3) is 10.3. The van der Waals surface area contributed by atoms with Crippen LogP contribution in [0.15, 0.2) is 0 Å². The lowest BCUT2D eigenvalue weighted by atomic mass is 9.90. The fourth-order valence-electron chi connectivity index (χ4n) is 1.36. The summed E-state index contributed by atoms with van der Waals surface area (Å²) in [5, 5.41) is 0. The van der Waals surface area contributed by atoms with Gasteiger partial charge in [0.15, 0.2) is 0 Å². The Morgan fingerprint density at radius 2 is 1.65 bits per heavy atom. The standard InChI is InChI=1S/C14H29NO2/c1-13(2,3)9-8-10-15(7)12(16)11-17-14(4,5)6/h8-11H2,1-7H3. The maximum absolute atomic E-state index is 11.7. The van der Waals surface area contributed by atoms with Crippen molar-refractivity contribution in [2.75, 3.05) is 20.2 Å². The third-order valence-electron chi connectivity index (χ3n) is 2.47. The normalized spacial score (nSPS) is 12.6. The molecule has 3 heteroatoms. The van der Waals surface area contributed by atoms with Gasteiger partial charge in [-0.2, -0.15) is 0 Å². The van der Waals surface area contributed by atoms with Crippen LogP contribution in [-0.4, -0.2) is 36.6 Å². The van der Waals surface area contributed by atoms with Crippen LogP contribution >= 0.6 is 0 Å². The zero-order chi connectivity index (χ0) is 13.7. The molecule has 0 aliphatic heterocycles. The van der Waals surface area contributed by atoms with Crippen molar-refractivity contribution in [3.05, 3.63) is 0 Å². The zero-order valence-corrected chi connectivity index (χ0v) is 12.6. The predicted octanol–water partition coefficient (Wildman–Crippen LogP) is 3.09. The number of ether oxygens (including phenoxy) is 1. The highest BCUT2D eigenvalue weighted by Gasteiger charge is 2.16. The van der Waals surface area contributed by atoms with E-state index in [1.165, 1.54) is 0 Å². The molecule has 3 nitrogen and oxygen atoms in total. The third-order valence-corrected chi connectivity index (χ3v) is 2.47. The summed E-state index contributed by atoms with van der Waals surface area (Å²) in [6, 6.07) is 0. The topological polar surface area (TPSA) is 29.5 Å². The molecule has 0 radical (unpaired) electrons. The fraction of sp³-hybridized carbons (Fsp3) is 0.929. The van der Waals surface area contributed by atoms with E-state index in [0.29, 0.717) is 5.41 Å². The minimum absolute atomic E-state index is 0.0637. The molecule has 0 aromatic carbocycles. The second-order valence-electron chi connectivity index (χ2n) is 6.88. The first-order chi connectivity index (χ1) is 7.51. The molecule has 0 rings (SSSR count). The molecular weight excluding hydrogens is 214 g/mol. The van der Waals surface area contributed by atoms with Crippen LogP contribution in [0.25, 0.3) is 0 Å². The van der Waals surface area contributed by atoms with Gasteiger partial charge in [0.25, 0.3) is 0 Å². The first-order valence-corrected chi connectivity index (χ1v) is 6.39. The summed E-state index contributed by atoms with van der Waals surface area (Å²) in [5.74, 6) is 0.0637. The van der Waals surface area contributed by atoms with E-state index in [1.807, 2.05) is 27.8 Å². The summed E-state index contributed by atoms with van der Waals surface area (Å²) in [7, 11) is 1.84. The van der Waals surface area contributed by atoms with Gasteiger partial charge in [-0.15, -0.1) is 0 Å². The minimum atomic E-state index is -0.248. The van der Waals surface area contributed by atoms with Gasteiger partial charge in [-0.25, -0.2) is 0 Å². The van der Waals surface area contributed by atoms with Crippen LogP contribution in [-0.2, 0) is 9.53 Å². The highest BCUT2D eigenvalue weighted by molar-refractivity contribution is 5.77.